The van der Waals surface area contributed by atoms with Gasteiger partial charge in [-0.3, -0.25) is 0 Å². The fraction of sp³-hybridized carbons (Fsp3) is 0.357. The molecule has 1 heterocycles. The van der Waals surface area contributed by atoms with Crippen LogP contribution in [0.2, 0.25) is 0 Å². The van der Waals surface area contributed by atoms with Crippen LogP contribution in [0, 0.1) is 13.8 Å². The van der Waals surface area contributed by atoms with E-state index in [1.54, 1.807) is 6.33 Å². The number of hydrogen-bond donors (Lipinski definition) is 0. The van der Waals surface area contributed by atoms with E-state index in [0.29, 0.717) is 5.92 Å². The summed E-state index contributed by atoms with van der Waals surface area (Å²) >= 11 is 0. The minimum absolute atomic E-state index is 0.322. The predicted molar refractivity (Wildman–Crippen MR) is 68.8 cm³/mol. The third-order valence-corrected chi connectivity index (χ3v) is 2.59. The Bertz CT molecular complexity index is 512. The molecule has 0 aliphatic heterocycles. The van der Waals surface area contributed by atoms with E-state index in [-0.39, 0.29) is 0 Å². The summed E-state index contributed by atoms with van der Waals surface area (Å²) < 4.78 is 0. The van der Waals surface area contributed by atoms with E-state index >= 15 is 0 Å². The van der Waals surface area contributed by atoms with Gasteiger partial charge in [-0.25, -0.2) is 15.0 Å². The van der Waals surface area contributed by atoms with Crippen molar-refractivity contribution in [1.82, 2.24) is 15.0 Å². The van der Waals surface area contributed by atoms with Crippen molar-refractivity contribution in [2.75, 3.05) is 0 Å². The highest BCUT2D eigenvalue weighted by molar-refractivity contribution is 5.57. The van der Waals surface area contributed by atoms with E-state index in [1.807, 2.05) is 0 Å². The molecular weight excluding hydrogens is 210 g/mol. The number of benzene rings is 1. The van der Waals surface area contributed by atoms with Gasteiger partial charge < -0.3 is 0 Å². The molecule has 0 saturated carbocycles. The van der Waals surface area contributed by atoms with Crippen LogP contribution in [0.25, 0.3) is 11.4 Å². The molecule has 1 aromatic heterocycles. The van der Waals surface area contributed by atoms with Crippen molar-refractivity contribution in [3.63, 3.8) is 0 Å². The second-order valence-electron chi connectivity index (χ2n) is 4.70. The van der Waals surface area contributed by atoms with Crippen LogP contribution in [0.15, 0.2) is 24.5 Å². The molecule has 3 heteroatoms. The normalized spacial score (nSPS) is 10.9. The zero-order valence-corrected chi connectivity index (χ0v) is 10.7. The molecule has 3 nitrogen and oxygen atoms in total. The number of aromatic nitrogens is 3. The van der Waals surface area contributed by atoms with Crippen LogP contribution < -0.4 is 0 Å². The van der Waals surface area contributed by atoms with Gasteiger partial charge in [0.15, 0.2) is 5.82 Å². The molecule has 1 aromatic carbocycles. The molecule has 0 unspecified atom stereocenters. The lowest BCUT2D eigenvalue weighted by atomic mass is 10.1. The molecule has 88 valence electrons. The molecule has 2 rings (SSSR count). The van der Waals surface area contributed by atoms with Crippen molar-refractivity contribution in [3.05, 3.63) is 41.5 Å². The first kappa shape index (κ1) is 11.7. The summed E-state index contributed by atoms with van der Waals surface area (Å²) in [6, 6.07) is 6.35. The lowest BCUT2D eigenvalue weighted by molar-refractivity contribution is 0.762. The molecule has 0 N–H and O–H groups in total. The fourth-order valence-electron chi connectivity index (χ4n) is 1.83. The number of nitrogens with zero attached hydrogens (tertiary/aromatic N) is 3. The largest absolute Gasteiger partial charge is 0.221 e. The summed E-state index contributed by atoms with van der Waals surface area (Å²) in [6.07, 6.45) is 1.59. The summed E-state index contributed by atoms with van der Waals surface area (Å²) in [4.78, 5) is 12.9. The molecule has 0 radical (unpaired) electrons. The van der Waals surface area contributed by atoms with Gasteiger partial charge in [0, 0.05) is 11.5 Å². The van der Waals surface area contributed by atoms with Crippen molar-refractivity contribution >= 4 is 0 Å². The highest BCUT2D eigenvalue weighted by Gasteiger charge is 2.07. The van der Waals surface area contributed by atoms with Crippen LogP contribution in [0.4, 0.5) is 0 Å². The molecule has 0 aliphatic rings. The molecule has 17 heavy (non-hydrogen) atoms. The van der Waals surface area contributed by atoms with Gasteiger partial charge >= 0.3 is 0 Å². The maximum absolute atomic E-state index is 4.50. The molecule has 0 saturated heterocycles. The second kappa shape index (κ2) is 4.62. The van der Waals surface area contributed by atoms with Crippen molar-refractivity contribution in [3.8, 4) is 11.4 Å². The maximum atomic E-state index is 4.50. The molecule has 0 bridgehead atoms. The van der Waals surface area contributed by atoms with Crippen LogP contribution in [0.1, 0.15) is 36.7 Å². The molecule has 0 amide bonds. The van der Waals surface area contributed by atoms with Crippen molar-refractivity contribution in [2.45, 2.75) is 33.6 Å². The van der Waals surface area contributed by atoms with Gasteiger partial charge in [0.25, 0.3) is 0 Å². The van der Waals surface area contributed by atoms with E-state index in [0.717, 1.165) is 17.2 Å². The smallest absolute Gasteiger partial charge is 0.163 e. The van der Waals surface area contributed by atoms with E-state index < -0.39 is 0 Å². The Labute approximate surface area is 102 Å². The summed E-state index contributed by atoms with van der Waals surface area (Å²) in [5.74, 6) is 1.92. The Balaban J connectivity index is 2.49. The minimum atomic E-state index is 0.322. The Morgan fingerprint density at radius 2 is 1.59 bits per heavy atom. The number of hydrogen-bond acceptors (Lipinski definition) is 3. The monoisotopic (exact) mass is 227 g/mol. The lowest BCUT2D eigenvalue weighted by Crippen LogP contribution is -2.00. The highest BCUT2D eigenvalue weighted by atomic mass is 15.0. The lowest BCUT2D eigenvalue weighted by Gasteiger charge is -2.06. The number of rotatable bonds is 2. The van der Waals surface area contributed by atoms with Gasteiger partial charge in [0.05, 0.1) is 0 Å². The van der Waals surface area contributed by atoms with E-state index in [4.69, 9.17) is 0 Å². The number of aryl methyl sites for hydroxylation is 2. The highest BCUT2D eigenvalue weighted by Crippen LogP contribution is 2.19. The van der Waals surface area contributed by atoms with Gasteiger partial charge in [-0.15, -0.1) is 0 Å². The van der Waals surface area contributed by atoms with Crippen LogP contribution in [-0.2, 0) is 0 Å². The SMILES string of the molecule is Cc1cc(C)cc(-c2ncnc(C(C)C)n2)c1. The Hall–Kier alpha value is -1.77. The minimum Gasteiger partial charge on any atom is -0.221 e. The topological polar surface area (TPSA) is 38.7 Å². The van der Waals surface area contributed by atoms with E-state index in [9.17, 15) is 0 Å². The summed E-state index contributed by atoms with van der Waals surface area (Å²) in [6.45, 7) is 8.34. The first-order chi connectivity index (χ1) is 8.06. The van der Waals surface area contributed by atoms with Crippen LogP contribution in [-0.4, -0.2) is 15.0 Å². The summed E-state index contributed by atoms with van der Waals surface area (Å²) in [7, 11) is 0. The van der Waals surface area contributed by atoms with E-state index in [2.05, 4.69) is 60.8 Å². The maximum Gasteiger partial charge on any atom is 0.163 e. The van der Waals surface area contributed by atoms with Gasteiger partial charge in [-0.2, -0.15) is 0 Å². The summed E-state index contributed by atoms with van der Waals surface area (Å²) in [5, 5.41) is 0. The van der Waals surface area contributed by atoms with Gasteiger partial charge in [-0.1, -0.05) is 31.0 Å². The average molecular weight is 227 g/mol. The molecule has 0 spiro atoms. The van der Waals surface area contributed by atoms with Crippen molar-refractivity contribution < 1.29 is 0 Å². The zero-order chi connectivity index (χ0) is 12.4. The quantitative estimate of drug-likeness (QED) is 0.790. The van der Waals surface area contributed by atoms with Crippen molar-refractivity contribution in [1.29, 1.82) is 0 Å². The molecule has 0 fully saturated rings. The third-order valence-electron chi connectivity index (χ3n) is 2.59. The molecule has 2 aromatic rings. The van der Waals surface area contributed by atoms with Gasteiger partial charge in [0.1, 0.15) is 12.2 Å². The zero-order valence-electron chi connectivity index (χ0n) is 10.7. The Kier molecular flexibility index (Phi) is 3.18. The van der Waals surface area contributed by atoms with Crippen LogP contribution in [0.5, 0.6) is 0 Å². The van der Waals surface area contributed by atoms with E-state index in [1.165, 1.54) is 11.1 Å². The average Bonchev–Trinajstić information content (AvgIpc) is 2.28. The third kappa shape index (κ3) is 2.67. The van der Waals surface area contributed by atoms with Gasteiger partial charge in [0.2, 0.25) is 0 Å². The Morgan fingerprint density at radius 3 is 2.18 bits per heavy atom. The first-order valence-corrected chi connectivity index (χ1v) is 5.84. The van der Waals surface area contributed by atoms with Gasteiger partial charge in [-0.05, 0) is 26.0 Å². The molecular formula is C14H17N3. The molecule has 0 atom stereocenters. The fourth-order valence-corrected chi connectivity index (χ4v) is 1.83. The second-order valence-corrected chi connectivity index (χ2v) is 4.70. The predicted octanol–water partition coefficient (Wildman–Crippen LogP) is 3.28. The standard InChI is InChI=1S/C14H17N3/c1-9(2)13-15-8-16-14(17-13)12-6-10(3)5-11(4)7-12/h5-9H,1-4H3. The van der Waals surface area contributed by atoms with Crippen LogP contribution >= 0.6 is 0 Å². The molecule has 0 aliphatic carbocycles. The van der Waals surface area contributed by atoms with Crippen LogP contribution in [0.3, 0.4) is 0 Å². The first-order valence-electron chi connectivity index (χ1n) is 5.84. The Morgan fingerprint density at radius 1 is 0.941 bits per heavy atom. The summed E-state index contributed by atoms with van der Waals surface area (Å²) in [5.41, 5.74) is 3.52. The van der Waals surface area contributed by atoms with Crippen molar-refractivity contribution in [2.24, 2.45) is 0 Å².